The molecule has 32 heavy (non-hydrogen) atoms. The van der Waals surface area contributed by atoms with Crippen molar-refractivity contribution in [1.82, 2.24) is 15.5 Å². The van der Waals surface area contributed by atoms with Crippen molar-refractivity contribution in [2.24, 2.45) is 0 Å². The van der Waals surface area contributed by atoms with Crippen LogP contribution in [0.1, 0.15) is 44.7 Å². The van der Waals surface area contributed by atoms with E-state index < -0.39 is 11.9 Å². The van der Waals surface area contributed by atoms with Crippen molar-refractivity contribution in [2.45, 2.75) is 32.0 Å². The lowest BCUT2D eigenvalue weighted by Crippen LogP contribution is -2.52. The summed E-state index contributed by atoms with van der Waals surface area (Å²) in [5.41, 5.74) is 3.38. The number of anilines is 1. The Kier molecular flexibility index (Phi) is 5.01. The molecule has 2 aromatic rings. The van der Waals surface area contributed by atoms with Gasteiger partial charge >= 0.3 is 0 Å². The average Bonchev–Trinajstić information content (AvgIpc) is 3.13. The molecule has 9 nitrogen and oxygen atoms in total. The zero-order valence-electron chi connectivity index (χ0n) is 17.3. The van der Waals surface area contributed by atoms with E-state index in [1.807, 2.05) is 18.2 Å². The van der Waals surface area contributed by atoms with E-state index in [4.69, 9.17) is 4.74 Å². The molecule has 0 aromatic heterocycles. The molecule has 9 heteroatoms. The fourth-order valence-electron chi connectivity index (χ4n) is 4.27. The monoisotopic (exact) mass is 434 g/mol. The first-order valence-electron chi connectivity index (χ1n) is 10.5. The number of amides is 4. The number of carbonyl (C=O) groups excluding carboxylic acids is 4. The van der Waals surface area contributed by atoms with E-state index in [1.165, 1.54) is 4.90 Å². The normalized spacial score (nSPS) is 19.4. The molecule has 1 saturated heterocycles. The lowest BCUT2D eigenvalue weighted by Gasteiger charge is -2.29. The largest absolute Gasteiger partial charge is 0.490 e. The number of piperidine rings is 1. The summed E-state index contributed by atoms with van der Waals surface area (Å²) >= 11 is 0. The molecule has 1 atom stereocenters. The highest BCUT2D eigenvalue weighted by molar-refractivity contribution is 6.06. The standard InChI is InChI=1S/C23H22N4O5/c28-20-6-5-18(22(30)26-20)27-12-15-3-2-14(10-16(15)23(27)31)21(29)25-11-13-1-4-17-19(9-13)32-8-7-24-17/h1-4,9-10,18,24H,5-8,11-12H2,(H,25,29)(H,26,28,30). The highest BCUT2D eigenvalue weighted by atomic mass is 16.5. The van der Waals surface area contributed by atoms with Crippen LogP contribution in [0.2, 0.25) is 0 Å². The minimum Gasteiger partial charge on any atom is -0.490 e. The molecular formula is C23H22N4O5. The number of carbonyl (C=O) groups is 4. The Morgan fingerprint density at radius 1 is 1.16 bits per heavy atom. The van der Waals surface area contributed by atoms with Crippen LogP contribution in [-0.4, -0.2) is 47.7 Å². The van der Waals surface area contributed by atoms with Gasteiger partial charge in [0.2, 0.25) is 11.8 Å². The van der Waals surface area contributed by atoms with Crippen LogP contribution in [0.4, 0.5) is 5.69 Å². The molecular weight excluding hydrogens is 412 g/mol. The van der Waals surface area contributed by atoms with Crippen LogP contribution in [0.15, 0.2) is 36.4 Å². The maximum atomic E-state index is 12.9. The highest BCUT2D eigenvalue weighted by Crippen LogP contribution is 2.29. The Morgan fingerprint density at radius 2 is 2.03 bits per heavy atom. The molecule has 1 fully saturated rings. The predicted octanol–water partition coefficient (Wildman–Crippen LogP) is 1.18. The molecule has 3 aliphatic heterocycles. The van der Waals surface area contributed by atoms with Crippen molar-refractivity contribution in [1.29, 1.82) is 0 Å². The number of hydrogen-bond donors (Lipinski definition) is 3. The summed E-state index contributed by atoms with van der Waals surface area (Å²) in [6.07, 6.45) is 0.506. The molecule has 0 aliphatic carbocycles. The predicted molar refractivity (Wildman–Crippen MR) is 114 cm³/mol. The van der Waals surface area contributed by atoms with Crippen LogP contribution in [0, 0.1) is 0 Å². The quantitative estimate of drug-likeness (QED) is 0.623. The number of nitrogens with one attached hydrogen (secondary N) is 3. The van der Waals surface area contributed by atoms with Crippen LogP contribution in [0.3, 0.4) is 0 Å². The van der Waals surface area contributed by atoms with Crippen LogP contribution < -0.4 is 20.7 Å². The van der Waals surface area contributed by atoms with E-state index in [-0.39, 0.29) is 30.7 Å². The zero-order chi connectivity index (χ0) is 22.2. The molecule has 0 radical (unpaired) electrons. The number of imide groups is 1. The molecule has 0 saturated carbocycles. The zero-order valence-corrected chi connectivity index (χ0v) is 17.3. The van der Waals surface area contributed by atoms with Gasteiger partial charge in [-0.2, -0.15) is 0 Å². The highest BCUT2D eigenvalue weighted by Gasteiger charge is 2.39. The van der Waals surface area contributed by atoms with Crippen molar-refractivity contribution >= 4 is 29.3 Å². The Bertz CT molecular complexity index is 1150. The van der Waals surface area contributed by atoms with Gasteiger partial charge in [-0.05, 0) is 41.8 Å². The van der Waals surface area contributed by atoms with E-state index in [0.717, 1.165) is 29.1 Å². The van der Waals surface area contributed by atoms with Gasteiger partial charge in [-0.3, -0.25) is 24.5 Å². The third kappa shape index (κ3) is 3.66. The van der Waals surface area contributed by atoms with Crippen LogP contribution >= 0.6 is 0 Å². The van der Waals surface area contributed by atoms with E-state index in [9.17, 15) is 19.2 Å². The number of hydrogen-bond acceptors (Lipinski definition) is 6. The van der Waals surface area contributed by atoms with E-state index in [0.29, 0.717) is 30.7 Å². The number of fused-ring (bicyclic) bond motifs is 2. The summed E-state index contributed by atoms with van der Waals surface area (Å²) in [6, 6.07) is 10.1. The lowest BCUT2D eigenvalue weighted by atomic mass is 10.0. The first kappa shape index (κ1) is 20.0. The Labute approximate surface area is 184 Å². The van der Waals surface area contributed by atoms with Gasteiger partial charge in [0, 0.05) is 37.2 Å². The third-order valence-electron chi connectivity index (χ3n) is 5.96. The molecule has 5 rings (SSSR count). The fraction of sp³-hybridized carbons (Fsp3) is 0.304. The fourth-order valence-corrected chi connectivity index (χ4v) is 4.27. The summed E-state index contributed by atoms with van der Waals surface area (Å²) in [5.74, 6) is -0.610. The van der Waals surface area contributed by atoms with Crippen molar-refractivity contribution in [2.75, 3.05) is 18.5 Å². The summed E-state index contributed by atoms with van der Waals surface area (Å²) in [5, 5.41) is 8.41. The van der Waals surface area contributed by atoms with Gasteiger partial charge in [-0.15, -0.1) is 0 Å². The molecule has 3 N–H and O–H groups in total. The van der Waals surface area contributed by atoms with E-state index in [1.54, 1.807) is 18.2 Å². The van der Waals surface area contributed by atoms with Gasteiger partial charge in [0.15, 0.2) is 0 Å². The van der Waals surface area contributed by atoms with Gasteiger partial charge < -0.3 is 20.3 Å². The van der Waals surface area contributed by atoms with Crippen molar-refractivity contribution in [3.63, 3.8) is 0 Å². The Morgan fingerprint density at radius 3 is 2.88 bits per heavy atom. The Hall–Kier alpha value is -3.88. The van der Waals surface area contributed by atoms with Crippen molar-refractivity contribution < 1.29 is 23.9 Å². The van der Waals surface area contributed by atoms with Gasteiger partial charge in [-0.1, -0.05) is 12.1 Å². The molecule has 3 heterocycles. The minimum atomic E-state index is -0.675. The molecule has 164 valence electrons. The number of benzene rings is 2. The average molecular weight is 434 g/mol. The van der Waals surface area contributed by atoms with Gasteiger partial charge in [0.1, 0.15) is 18.4 Å². The van der Waals surface area contributed by atoms with Gasteiger partial charge in [0.05, 0.1) is 5.69 Å². The minimum absolute atomic E-state index is 0.202. The lowest BCUT2D eigenvalue weighted by molar-refractivity contribution is -0.136. The summed E-state index contributed by atoms with van der Waals surface area (Å²) < 4.78 is 5.63. The first-order chi connectivity index (χ1) is 15.5. The smallest absolute Gasteiger partial charge is 0.255 e. The van der Waals surface area contributed by atoms with Crippen LogP contribution in [0.25, 0.3) is 0 Å². The van der Waals surface area contributed by atoms with Crippen LogP contribution in [0.5, 0.6) is 5.75 Å². The second-order valence-electron chi connectivity index (χ2n) is 8.06. The van der Waals surface area contributed by atoms with Crippen molar-refractivity contribution in [3.8, 4) is 5.75 Å². The molecule has 0 bridgehead atoms. The molecule has 3 aliphatic rings. The SMILES string of the molecule is O=C1CCC(N2Cc3ccc(C(=O)NCc4ccc5c(c4)OCCN5)cc3C2=O)C(=O)N1. The molecule has 2 aromatic carbocycles. The summed E-state index contributed by atoms with van der Waals surface area (Å²) in [6.45, 7) is 1.97. The molecule has 0 spiro atoms. The number of ether oxygens (including phenoxy) is 1. The van der Waals surface area contributed by atoms with Crippen molar-refractivity contribution in [3.05, 3.63) is 58.7 Å². The second-order valence-corrected chi connectivity index (χ2v) is 8.06. The molecule has 4 amide bonds. The van der Waals surface area contributed by atoms with E-state index >= 15 is 0 Å². The van der Waals surface area contributed by atoms with Gasteiger partial charge in [0.25, 0.3) is 11.8 Å². The maximum absolute atomic E-state index is 12.9. The summed E-state index contributed by atoms with van der Waals surface area (Å²) in [7, 11) is 0. The number of rotatable bonds is 4. The van der Waals surface area contributed by atoms with Crippen LogP contribution in [-0.2, 0) is 22.7 Å². The Balaban J connectivity index is 1.26. The molecule has 1 unspecified atom stereocenters. The number of nitrogens with zero attached hydrogens (tertiary/aromatic N) is 1. The second kappa shape index (κ2) is 7.99. The van der Waals surface area contributed by atoms with E-state index in [2.05, 4.69) is 16.0 Å². The third-order valence-corrected chi connectivity index (χ3v) is 5.96. The first-order valence-corrected chi connectivity index (χ1v) is 10.5. The topological polar surface area (TPSA) is 117 Å². The van der Waals surface area contributed by atoms with Gasteiger partial charge in [-0.25, -0.2) is 0 Å². The maximum Gasteiger partial charge on any atom is 0.255 e. The summed E-state index contributed by atoms with van der Waals surface area (Å²) in [4.78, 5) is 50.7.